The van der Waals surface area contributed by atoms with Gasteiger partial charge in [0.25, 0.3) is 0 Å². The molecule has 2 rings (SSSR count). The second kappa shape index (κ2) is 6.91. The van der Waals surface area contributed by atoms with E-state index in [2.05, 4.69) is 31.2 Å². The van der Waals surface area contributed by atoms with Gasteiger partial charge >= 0.3 is 0 Å². The van der Waals surface area contributed by atoms with Crippen LogP contribution >= 0.6 is 0 Å². The fourth-order valence-electron chi connectivity index (χ4n) is 2.72. The topological polar surface area (TPSA) is 29.5 Å². The van der Waals surface area contributed by atoms with Gasteiger partial charge in [-0.25, -0.2) is 0 Å². The third kappa shape index (κ3) is 4.11. The Labute approximate surface area is 110 Å². The summed E-state index contributed by atoms with van der Waals surface area (Å²) in [5, 5.41) is 9.49. The van der Waals surface area contributed by atoms with Gasteiger partial charge in [0.2, 0.25) is 0 Å². The highest BCUT2D eigenvalue weighted by atomic mass is 16.5. The van der Waals surface area contributed by atoms with Crippen LogP contribution in [0, 0.1) is 12.8 Å². The predicted octanol–water partition coefficient (Wildman–Crippen LogP) is 3.11. The van der Waals surface area contributed by atoms with E-state index in [0.29, 0.717) is 12.0 Å². The molecule has 2 atom stereocenters. The summed E-state index contributed by atoms with van der Waals surface area (Å²) in [4.78, 5) is 0. The molecular formula is C16H24O2. The summed E-state index contributed by atoms with van der Waals surface area (Å²) in [5.41, 5.74) is 2.63. The molecule has 0 aliphatic carbocycles. The molecule has 1 saturated heterocycles. The van der Waals surface area contributed by atoms with Crippen molar-refractivity contribution in [3.05, 3.63) is 35.4 Å². The Bertz CT molecular complexity index is 356. The van der Waals surface area contributed by atoms with E-state index in [4.69, 9.17) is 4.74 Å². The van der Waals surface area contributed by atoms with Gasteiger partial charge in [0.05, 0.1) is 6.10 Å². The normalized spacial score (nSPS) is 21.1. The fraction of sp³-hybridized carbons (Fsp3) is 0.625. The summed E-state index contributed by atoms with van der Waals surface area (Å²) >= 11 is 0. The van der Waals surface area contributed by atoms with Crippen molar-refractivity contribution in [1.29, 1.82) is 0 Å². The molecule has 1 heterocycles. The molecule has 1 aromatic rings. The summed E-state index contributed by atoms with van der Waals surface area (Å²) in [6.07, 6.45) is 5.97. The average Bonchev–Trinajstić information content (AvgIpc) is 2.87. The maximum atomic E-state index is 9.49. The van der Waals surface area contributed by atoms with Gasteiger partial charge in [-0.3, -0.25) is 0 Å². The van der Waals surface area contributed by atoms with Crippen LogP contribution in [0.1, 0.15) is 36.8 Å². The number of hydrogen-bond acceptors (Lipinski definition) is 2. The van der Waals surface area contributed by atoms with Gasteiger partial charge in [-0.05, 0) is 50.5 Å². The van der Waals surface area contributed by atoms with Crippen LogP contribution in [0.5, 0.6) is 0 Å². The zero-order chi connectivity index (χ0) is 12.8. The van der Waals surface area contributed by atoms with Crippen LogP contribution in [-0.2, 0) is 11.2 Å². The molecule has 0 aromatic heterocycles. The van der Waals surface area contributed by atoms with E-state index < -0.39 is 0 Å². The van der Waals surface area contributed by atoms with Crippen LogP contribution in [0.2, 0.25) is 0 Å². The summed E-state index contributed by atoms with van der Waals surface area (Å²) in [5.74, 6) is 0.371. The van der Waals surface area contributed by atoms with Crippen LogP contribution in [-0.4, -0.2) is 24.4 Å². The van der Waals surface area contributed by atoms with Crippen molar-refractivity contribution >= 4 is 0 Å². The van der Waals surface area contributed by atoms with E-state index in [9.17, 15) is 5.11 Å². The Morgan fingerprint density at radius 1 is 1.44 bits per heavy atom. The number of aryl methyl sites for hydroxylation is 1. The second-order valence-corrected chi connectivity index (χ2v) is 5.45. The lowest BCUT2D eigenvalue weighted by Gasteiger charge is -2.17. The lowest BCUT2D eigenvalue weighted by Crippen LogP contribution is -2.14. The first-order chi connectivity index (χ1) is 8.78. The smallest absolute Gasteiger partial charge is 0.0576 e. The molecule has 1 N–H and O–H groups in total. The Balaban J connectivity index is 1.81. The number of aliphatic hydroxyl groups excluding tert-OH is 1. The van der Waals surface area contributed by atoms with Crippen molar-refractivity contribution in [2.24, 2.45) is 5.92 Å². The van der Waals surface area contributed by atoms with Gasteiger partial charge in [0, 0.05) is 13.2 Å². The molecule has 1 fully saturated rings. The molecule has 0 saturated carbocycles. The molecule has 2 heteroatoms. The largest absolute Gasteiger partial charge is 0.396 e. The summed E-state index contributed by atoms with van der Waals surface area (Å²) in [7, 11) is 0. The third-order valence-electron chi connectivity index (χ3n) is 3.79. The third-order valence-corrected chi connectivity index (χ3v) is 3.79. The van der Waals surface area contributed by atoms with E-state index in [1.54, 1.807) is 0 Å². The maximum Gasteiger partial charge on any atom is 0.0576 e. The van der Waals surface area contributed by atoms with Gasteiger partial charge in [-0.1, -0.05) is 29.8 Å². The molecule has 0 radical (unpaired) electrons. The molecule has 100 valence electrons. The molecule has 18 heavy (non-hydrogen) atoms. The summed E-state index contributed by atoms with van der Waals surface area (Å²) < 4.78 is 5.64. The molecule has 0 bridgehead atoms. The zero-order valence-corrected chi connectivity index (χ0v) is 11.3. The van der Waals surface area contributed by atoms with Crippen molar-refractivity contribution in [2.45, 2.75) is 45.1 Å². The van der Waals surface area contributed by atoms with Crippen LogP contribution in [0.25, 0.3) is 0 Å². The average molecular weight is 248 g/mol. The Kier molecular flexibility index (Phi) is 5.21. The molecule has 0 amide bonds. The first-order valence-corrected chi connectivity index (χ1v) is 7.06. The van der Waals surface area contributed by atoms with E-state index in [0.717, 1.165) is 25.9 Å². The summed E-state index contributed by atoms with van der Waals surface area (Å²) in [6.45, 7) is 3.32. The zero-order valence-electron chi connectivity index (χ0n) is 11.3. The first kappa shape index (κ1) is 13.6. The Morgan fingerprint density at radius 2 is 2.33 bits per heavy atom. The van der Waals surface area contributed by atoms with Crippen LogP contribution in [0.3, 0.4) is 0 Å². The molecule has 1 aliphatic rings. The van der Waals surface area contributed by atoms with Gasteiger partial charge in [0.1, 0.15) is 0 Å². The van der Waals surface area contributed by atoms with Gasteiger partial charge in [0.15, 0.2) is 0 Å². The highest BCUT2D eigenvalue weighted by molar-refractivity contribution is 5.22. The van der Waals surface area contributed by atoms with Gasteiger partial charge in [-0.15, -0.1) is 0 Å². The summed E-state index contributed by atoms with van der Waals surface area (Å²) in [6, 6.07) is 8.58. The van der Waals surface area contributed by atoms with Crippen molar-refractivity contribution in [2.75, 3.05) is 13.2 Å². The SMILES string of the molecule is Cc1cccc(CC(CO)CCC2CCCO2)c1. The molecular weight excluding hydrogens is 224 g/mol. The quantitative estimate of drug-likeness (QED) is 0.838. The second-order valence-electron chi connectivity index (χ2n) is 5.45. The Morgan fingerprint density at radius 3 is 3.00 bits per heavy atom. The van der Waals surface area contributed by atoms with Crippen molar-refractivity contribution in [1.82, 2.24) is 0 Å². The molecule has 1 aliphatic heterocycles. The van der Waals surface area contributed by atoms with Crippen molar-refractivity contribution in [3.63, 3.8) is 0 Å². The number of hydrogen-bond donors (Lipinski definition) is 1. The number of aliphatic hydroxyl groups is 1. The van der Waals surface area contributed by atoms with Crippen molar-refractivity contribution in [3.8, 4) is 0 Å². The molecule has 2 unspecified atom stereocenters. The van der Waals surface area contributed by atoms with E-state index in [1.807, 2.05) is 0 Å². The molecule has 2 nitrogen and oxygen atoms in total. The minimum Gasteiger partial charge on any atom is -0.396 e. The standard InChI is InChI=1S/C16H24O2/c1-13-4-2-5-14(10-13)11-15(12-17)7-8-16-6-3-9-18-16/h2,4-5,10,15-17H,3,6-9,11-12H2,1H3. The fourth-order valence-corrected chi connectivity index (χ4v) is 2.72. The minimum absolute atomic E-state index is 0.278. The first-order valence-electron chi connectivity index (χ1n) is 7.06. The van der Waals surface area contributed by atoms with Crippen LogP contribution in [0.15, 0.2) is 24.3 Å². The monoisotopic (exact) mass is 248 g/mol. The van der Waals surface area contributed by atoms with Gasteiger partial charge < -0.3 is 9.84 Å². The van der Waals surface area contributed by atoms with Crippen LogP contribution < -0.4 is 0 Å². The van der Waals surface area contributed by atoms with E-state index in [-0.39, 0.29) is 6.61 Å². The number of rotatable bonds is 6. The highest BCUT2D eigenvalue weighted by Gasteiger charge is 2.17. The van der Waals surface area contributed by atoms with E-state index in [1.165, 1.54) is 24.0 Å². The number of ether oxygens (including phenoxy) is 1. The van der Waals surface area contributed by atoms with Crippen LogP contribution in [0.4, 0.5) is 0 Å². The molecule has 0 spiro atoms. The Hall–Kier alpha value is -0.860. The highest BCUT2D eigenvalue weighted by Crippen LogP contribution is 2.21. The lowest BCUT2D eigenvalue weighted by molar-refractivity contribution is 0.0932. The molecule has 1 aromatic carbocycles. The predicted molar refractivity (Wildman–Crippen MR) is 73.7 cm³/mol. The minimum atomic E-state index is 0.278. The lowest BCUT2D eigenvalue weighted by atomic mass is 9.93. The van der Waals surface area contributed by atoms with E-state index >= 15 is 0 Å². The maximum absolute atomic E-state index is 9.49. The van der Waals surface area contributed by atoms with Crippen molar-refractivity contribution < 1.29 is 9.84 Å². The number of benzene rings is 1. The van der Waals surface area contributed by atoms with Gasteiger partial charge in [-0.2, -0.15) is 0 Å².